The van der Waals surface area contributed by atoms with E-state index in [1.54, 1.807) is 61.7 Å². The van der Waals surface area contributed by atoms with Gasteiger partial charge in [-0.2, -0.15) is 0 Å². The van der Waals surface area contributed by atoms with Crippen LogP contribution in [0.15, 0.2) is 72.8 Å². The maximum atomic E-state index is 13.2. The van der Waals surface area contributed by atoms with E-state index in [-0.39, 0.29) is 17.2 Å². The van der Waals surface area contributed by atoms with Gasteiger partial charge in [-0.3, -0.25) is 9.59 Å². The van der Waals surface area contributed by atoms with E-state index >= 15 is 0 Å². The second-order valence-corrected chi connectivity index (χ2v) is 8.87. The van der Waals surface area contributed by atoms with Gasteiger partial charge in [-0.25, -0.2) is 0 Å². The van der Waals surface area contributed by atoms with E-state index in [0.717, 1.165) is 29.0 Å². The Kier molecular flexibility index (Phi) is 6.41. The molecule has 174 valence electrons. The minimum Gasteiger partial charge on any atom is -0.497 e. The maximum absolute atomic E-state index is 13.2. The van der Waals surface area contributed by atoms with Crippen molar-refractivity contribution in [3.05, 3.63) is 95.1 Å². The number of hydrogen-bond acceptors (Lipinski definition) is 5. The molecular weight excluding hydrogens is 428 g/mol. The zero-order valence-corrected chi connectivity index (χ0v) is 19.8. The molecule has 0 atom stereocenters. The van der Waals surface area contributed by atoms with Gasteiger partial charge in [-0.15, -0.1) is 0 Å². The number of benzene rings is 3. The highest BCUT2D eigenvalue weighted by Crippen LogP contribution is 2.32. The Bertz CT molecular complexity index is 1280. The number of ketones is 1. The van der Waals surface area contributed by atoms with Crippen molar-refractivity contribution in [1.82, 2.24) is 5.32 Å². The molecule has 0 bridgehead atoms. The molecule has 0 saturated carbocycles. The lowest BCUT2D eigenvalue weighted by molar-refractivity contribution is 0.102. The largest absolute Gasteiger partial charge is 0.497 e. The Labute approximate surface area is 199 Å². The lowest BCUT2D eigenvalue weighted by atomic mass is 9.85. The molecule has 1 heterocycles. The van der Waals surface area contributed by atoms with Gasteiger partial charge in [0, 0.05) is 34.1 Å². The molecule has 1 aliphatic heterocycles. The number of rotatable bonds is 6. The third-order valence-electron chi connectivity index (χ3n) is 5.74. The Morgan fingerprint density at radius 2 is 1.76 bits per heavy atom. The van der Waals surface area contributed by atoms with Crippen molar-refractivity contribution in [3.8, 4) is 11.5 Å². The minimum atomic E-state index is -0.308. The average molecular weight is 457 g/mol. The van der Waals surface area contributed by atoms with Gasteiger partial charge in [0.05, 0.1) is 19.8 Å². The van der Waals surface area contributed by atoms with Gasteiger partial charge in [0.2, 0.25) is 0 Å². The fourth-order valence-corrected chi connectivity index (χ4v) is 4.15. The van der Waals surface area contributed by atoms with Crippen LogP contribution in [0.25, 0.3) is 5.70 Å². The first-order valence-electron chi connectivity index (χ1n) is 11.1. The first-order chi connectivity index (χ1) is 16.3. The molecule has 2 N–H and O–H groups in total. The van der Waals surface area contributed by atoms with Crippen molar-refractivity contribution in [3.63, 3.8) is 0 Å². The average Bonchev–Trinajstić information content (AvgIpc) is 2.83. The Morgan fingerprint density at radius 1 is 0.971 bits per heavy atom. The monoisotopic (exact) mass is 456 g/mol. The first-order valence-corrected chi connectivity index (χ1v) is 11.1. The summed E-state index contributed by atoms with van der Waals surface area (Å²) in [6.45, 7) is 4.21. The van der Waals surface area contributed by atoms with E-state index in [2.05, 4.69) is 24.5 Å². The second kappa shape index (κ2) is 9.43. The van der Waals surface area contributed by atoms with Gasteiger partial charge < -0.3 is 20.1 Å². The lowest BCUT2D eigenvalue weighted by Crippen LogP contribution is -2.43. The number of allylic oxidation sites excluding steroid dienone is 1. The summed E-state index contributed by atoms with van der Waals surface area (Å²) in [6, 6.07) is 19.8. The van der Waals surface area contributed by atoms with E-state index in [1.807, 2.05) is 18.2 Å². The zero-order chi connectivity index (χ0) is 24.3. The summed E-state index contributed by atoms with van der Waals surface area (Å²) in [7, 11) is 3.15. The molecule has 3 aromatic rings. The van der Waals surface area contributed by atoms with E-state index in [0.29, 0.717) is 22.6 Å². The molecule has 0 spiro atoms. The molecule has 1 amide bonds. The van der Waals surface area contributed by atoms with E-state index in [9.17, 15) is 9.59 Å². The molecule has 34 heavy (non-hydrogen) atoms. The number of para-hydroxylation sites is 1. The second-order valence-electron chi connectivity index (χ2n) is 8.87. The quantitative estimate of drug-likeness (QED) is 0.398. The SMILES string of the molecule is COc1ccc2c(c1)C(=CC(=O)c1cccc(NC(=O)c3ccccc3OC)c1)NC(C)(C)C2. The summed E-state index contributed by atoms with van der Waals surface area (Å²) in [5.74, 6) is 0.746. The molecule has 3 aromatic carbocycles. The van der Waals surface area contributed by atoms with Crippen molar-refractivity contribution in [2.75, 3.05) is 19.5 Å². The number of carbonyl (C=O) groups is 2. The topological polar surface area (TPSA) is 76.7 Å². The lowest BCUT2D eigenvalue weighted by Gasteiger charge is -2.35. The number of anilines is 1. The minimum absolute atomic E-state index is 0.164. The van der Waals surface area contributed by atoms with Crippen LogP contribution in [-0.2, 0) is 6.42 Å². The van der Waals surface area contributed by atoms with E-state index < -0.39 is 0 Å². The van der Waals surface area contributed by atoms with Crippen LogP contribution in [0, 0.1) is 0 Å². The van der Waals surface area contributed by atoms with E-state index in [4.69, 9.17) is 9.47 Å². The summed E-state index contributed by atoms with van der Waals surface area (Å²) in [5, 5.41) is 6.33. The van der Waals surface area contributed by atoms with Crippen LogP contribution in [0.4, 0.5) is 5.69 Å². The number of nitrogens with one attached hydrogen (secondary N) is 2. The Hall–Kier alpha value is -4.06. The normalized spacial score (nSPS) is 15.1. The Balaban J connectivity index is 1.61. The zero-order valence-electron chi connectivity index (χ0n) is 19.8. The van der Waals surface area contributed by atoms with Crippen molar-refractivity contribution in [1.29, 1.82) is 0 Å². The van der Waals surface area contributed by atoms with Crippen LogP contribution in [-0.4, -0.2) is 31.4 Å². The van der Waals surface area contributed by atoms with Crippen LogP contribution >= 0.6 is 0 Å². The number of fused-ring (bicyclic) bond motifs is 1. The van der Waals surface area contributed by atoms with Gasteiger partial charge in [0.15, 0.2) is 5.78 Å². The van der Waals surface area contributed by atoms with Crippen molar-refractivity contribution >= 4 is 23.1 Å². The molecule has 0 aliphatic carbocycles. The van der Waals surface area contributed by atoms with Crippen molar-refractivity contribution in [2.45, 2.75) is 25.8 Å². The van der Waals surface area contributed by atoms with Crippen LogP contribution in [0.2, 0.25) is 0 Å². The molecule has 6 nitrogen and oxygen atoms in total. The van der Waals surface area contributed by atoms with Gasteiger partial charge in [0.1, 0.15) is 11.5 Å². The van der Waals surface area contributed by atoms with Crippen LogP contribution in [0.5, 0.6) is 11.5 Å². The summed E-state index contributed by atoms with van der Waals surface area (Å²) in [5.41, 5.74) is 4.08. The number of hydrogen-bond donors (Lipinski definition) is 2. The standard InChI is InChI=1S/C28H28N2O4/c1-28(2)17-19-12-13-21(33-3)15-23(19)24(30-28)16-25(31)18-8-7-9-20(14-18)29-27(32)22-10-5-6-11-26(22)34-4/h5-16,30H,17H2,1-4H3,(H,29,32). The predicted octanol–water partition coefficient (Wildman–Crippen LogP) is 5.10. The smallest absolute Gasteiger partial charge is 0.259 e. The highest BCUT2D eigenvalue weighted by Gasteiger charge is 2.28. The fraction of sp³-hybridized carbons (Fsp3) is 0.214. The third-order valence-corrected chi connectivity index (χ3v) is 5.74. The van der Waals surface area contributed by atoms with E-state index in [1.165, 1.54) is 7.11 Å². The van der Waals surface area contributed by atoms with Gasteiger partial charge in [0.25, 0.3) is 5.91 Å². The Morgan fingerprint density at radius 3 is 2.53 bits per heavy atom. The molecule has 0 aromatic heterocycles. The number of carbonyl (C=O) groups excluding carboxylic acids is 2. The van der Waals surface area contributed by atoms with Gasteiger partial charge in [-0.05, 0) is 62.2 Å². The molecule has 4 rings (SSSR count). The maximum Gasteiger partial charge on any atom is 0.259 e. The summed E-state index contributed by atoms with van der Waals surface area (Å²) >= 11 is 0. The van der Waals surface area contributed by atoms with Crippen LogP contribution in [0.1, 0.15) is 45.7 Å². The molecule has 0 radical (unpaired) electrons. The summed E-state index contributed by atoms with van der Waals surface area (Å²) in [4.78, 5) is 26.0. The number of amides is 1. The molecule has 0 saturated heterocycles. The number of ether oxygens (including phenoxy) is 2. The summed E-state index contributed by atoms with van der Waals surface area (Å²) in [6.07, 6.45) is 2.45. The molecule has 0 fully saturated rings. The highest BCUT2D eigenvalue weighted by molar-refractivity contribution is 6.10. The molecule has 6 heteroatoms. The van der Waals surface area contributed by atoms with Crippen molar-refractivity contribution < 1.29 is 19.1 Å². The summed E-state index contributed by atoms with van der Waals surface area (Å²) < 4.78 is 10.7. The van der Waals surface area contributed by atoms with Crippen molar-refractivity contribution in [2.24, 2.45) is 0 Å². The molecule has 1 aliphatic rings. The fourth-order valence-electron chi connectivity index (χ4n) is 4.15. The van der Waals surface area contributed by atoms with Gasteiger partial charge >= 0.3 is 0 Å². The molecular formula is C28H28N2O4. The highest BCUT2D eigenvalue weighted by atomic mass is 16.5. The van der Waals surface area contributed by atoms with Gasteiger partial charge in [-0.1, -0.05) is 30.3 Å². The van der Waals surface area contributed by atoms with Crippen LogP contribution in [0.3, 0.4) is 0 Å². The van der Waals surface area contributed by atoms with Crippen LogP contribution < -0.4 is 20.1 Å². The molecule has 0 unspecified atom stereocenters. The third kappa shape index (κ3) is 4.96. The first kappa shape index (κ1) is 23.1. The number of methoxy groups -OCH3 is 2. The predicted molar refractivity (Wildman–Crippen MR) is 134 cm³/mol.